The van der Waals surface area contributed by atoms with Crippen molar-refractivity contribution in [2.45, 2.75) is 49.4 Å². The maximum Gasteiger partial charge on any atom is 0.229 e. The molecule has 1 aromatic rings. The number of hydrogen-bond acceptors (Lipinski definition) is 5. The van der Waals surface area contributed by atoms with Gasteiger partial charge in [0.05, 0.1) is 11.4 Å². The summed E-state index contributed by atoms with van der Waals surface area (Å²) >= 11 is 1.93. The minimum absolute atomic E-state index is 0.163. The van der Waals surface area contributed by atoms with E-state index in [1.807, 2.05) is 11.8 Å². The average molecular weight is 240 g/mol. The summed E-state index contributed by atoms with van der Waals surface area (Å²) in [6.07, 6.45) is 5.13. The molecule has 1 aromatic heterocycles. The highest BCUT2D eigenvalue weighted by Crippen LogP contribution is 2.39. The van der Waals surface area contributed by atoms with Crippen LogP contribution in [0.2, 0.25) is 0 Å². The molecule has 0 aromatic carbocycles. The lowest BCUT2D eigenvalue weighted by molar-refractivity contribution is 0.0625. The summed E-state index contributed by atoms with van der Waals surface area (Å²) in [6.45, 7) is 0. The van der Waals surface area contributed by atoms with Gasteiger partial charge in [-0.1, -0.05) is 11.6 Å². The van der Waals surface area contributed by atoms with Gasteiger partial charge in [0.1, 0.15) is 0 Å². The molecule has 88 valence electrons. The quantitative estimate of drug-likeness (QED) is 0.859. The van der Waals surface area contributed by atoms with Gasteiger partial charge >= 0.3 is 0 Å². The Morgan fingerprint density at radius 2 is 2.19 bits per heavy atom. The van der Waals surface area contributed by atoms with Crippen LogP contribution in [0.3, 0.4) is 0 Å². The van der Waals surface area contributed by atoms with E-state index >= 15 is 0 Å². The lowest BCUT2D eigenvalue weighted by Crippen LogP contribution is -2.26. The molecule has 5 heteroatoms. The molecule has 2 heterocycles. The first-order valence-corrected chi connectivity index (χ1v) is 7.01. The molecule has 4 nitrogen and oxygen atoms in total. The largest absolute Gasteiger partial charge is 0.393 e. The lowest BCUT2D eigenvalue weighted by Gasteiger charge is -2.27. The fraction of sp³-hybridized carbons (Fsp3) is 0.818. The van der Waals surface area contributed by atoms with Crippen molar-refractivity contribution < 1.29 is 9.63 Å². The molecule has 2 fully saturated rings. The van der Waals surface area contributed by atoms with E-state index in [0.717, 1.165) is 31.0 Å². The van der Waals surface area contributed by atoms with Crippen molar-refractivity contribution in [3.8, 4) is 0 Å². The molecule has 1 atom stereocenters. The molecule has 2 aliphatic rings. The molecular weight excluding hydrogens is 224 g/mol. The van der Waals surface area contributed by atoms with Crippen LogP contribution in [0, 0.1) is 0 Å². The summed E-state index contributed by atoms with van der Waals surface area (Å²) in [4.78, 5) is 4.48. The fourth-order valence-electron chi connectivity index (χ4n) is 2.28. The number of nitrogens with zero attached hydrogens (tertiary/aromatic N) is 2. The van der Waals surface area contributed by atoms with Crippen molar-refractivity contribution in [2.75, 3.05) is 5.75 Å². The van der Waals surface area contributed by atoms with Gasteiger partial charge in [-0.15, -0.1) is 0 Å². The predicted octanol–water partition coefficient (Wildman–Crippen LogP) is 2.27. The monoisotopic (exact) mass is 240 g/mol. The van der Waals surface area contributed by atoms with Gasteiger partial charge in [-0.3, -0.25) is 0 Å². The minimum atomic E-state index is -0.163. The third kappa shape index (κ3) is 1.98. The van der Waals surface area contributed by atoms with E-state index in [1.54, 1.807) is 0 Å². The van der Waals surface area contributed by atoms with Crippen LogP contribution in [-0.2, 0) is 0 Å². The molecule has 16 heavy (non-hydrogen) atoms. The SMILES string of the molecule is OC1CC(c2nc(C3CCCCS3)no2)C1. The Bertz CT molecular complexity index is 357. The molecule has 1 aliphatic heterocycles. The Hall–Kier alpha value is -0.550. The third-order valence-corrected chi connectivity index (χ3v) is 4.76. The van der Waals surface area contributed by atoms with Crippen LogP contribution in [0.1, 0.15) is 55.0 Å². The van der Waals surface area contributed by atoms with Gasteiger partial charge in [0.25, 0.3) is 0 Å². The van der Waals surface area contributed by atoms with E-state index in [2.05, 4.69) is 10.1 Å². The highest BCUT2D eigenvalue weighted by atomic mass is 32.2. The van der Waals surface area contributed by atoms with Gasteiger partial charge in [-0.05, 0) is 31.4 Å². The summed E-state index contributed by atoms with van der Waals surface area (Å²) in [5.41, 5.74) is 0. The summed E-state index contributed by atoms with van der Waals surface area (Å²) in [5.74, 6) is 3.09. The van der Waals surface area contributed by atoms with Crippen LogP contribution in [-0.4, -0.2) is 27.1 Å². The van der Waals surface area contributed by atoms with Crippen molar-refractivity contribution in [1.29, 1.82) is 0 Å². The van der Waals surface area contributed by atoms with Crippen LogP contribution >= 0.6 is 11.8 Å². The van der Waals surface area contributed by atoms with E-state index in [1.165, 1.54) is 18.6 Å². The van der Waals surface area contributed by atoms with E-state index in [-0.39, 0.29) is 6.10 Å². The Labute approximate surface area is 98.8 Å². The van der Waals surface area contributed by atoms with Gasteiger partial charge < -0.3 is 9.63 Å². The smallest absolute Gasteiger partial charge is 0.229 e. The van der Waals surface area contributed by atoms with Gasteiger partial charge in [0.2, 0.25) is 5.89 Å². The lowest BCUT2D eigenvalue weighted by atomic mass is 9.82. The number of rotatable bonds is 2. The summed E-state index contributed by atoms with van der Waals surface area (Å²) < 4.78 is 5.28. The molecule has 0 amide bonds. The standard InChI is InChI=1S/C11H16N2O2S/c14-8-5-7(6-8)11-12-10(13-15-11)9-3-1-2-4-16-9/h7-9,14H,1-6H2. The summed E-state index contributed by atoms with van der Waals surface area (Å²) in [5, 5.41) is 13.7. The number of thioether (sulfide) groups is 1. The van der Waals surface area contributed by atoms with E-state index in [0.29, 0.717) is 11.2 Å². The zero-order valence-corrected chi connectivity index (χ0v) is 9.95. The van der Waals surface area contributed by atoms with Crippen LogP contribution in [0.4, 0.5) is 0 Å². The molecule has 1 N–H and O–H groups in total. The molecule has 1 saturated heterocycles. The maximum absolute atomic E-state index is 9.24. The second-order valence-electron chi connectivity index (χ2n) is 4.67. The molecule has 1 saturated carbocycles. The van der Waals surface area contributed by atoms with Crippen molar-refractivity contribution in [3.05, 3.63) is 11.7 Å². The van der Waals surface area contributed by atoms with E-state index in [9.17, 15) is 5.11 Å². The highest BCUT2D eigenvalue weighted by Gasteiger charge is 2.33. The Kier molecular flexibility index (Phi) is 2.90. The fourth-order valence-corrected chi connectivity index (χ4v) is 3.51. The van der Waals surface area contributed by atoms with Crippen molar-refractivity contribution >= 4 is 11.8 Å². The molecule has 1 unspecified atom stereocenters. The Morgan fingerprint density at radius 1 is 1.31 bits per heavy atom. The highest BCUT2D eigenvalue weighted by molar-refractivity contribution is 7.99. The number of hydrogen-bond donors (Lipinski definition) is 1. The second-order valence-corrected chi connectivity index (χ2v) is 5.98. The molecule has 3 rings (SSSR count). The molecule has 0 bridgehead atoms. The summed E-state index contributed by atoms with van der Waals surface area (Å²) in [6, 6.07) is 0. The molecule has 0 radical (unpaired) electrons. The van der Waals surface area contributed by atoms with E-state index < -0.39 is 0 Å². The zero-order chi connectivity index (χ0) is 11.0. The van der Waals surface area contributed by atoms with Gasteiger partial charge in [-0.2, -0.15) is 16.7 Å². The van der Waals surface area contributed by atoms with Gasteiger partial charge in [-0.25, -0.2) is 0 Å². The first-order valence-electron chi connectivity index (χ1n) is 5.96. The van der Waals surface area contributed by atoms with Gasteiger partial charge in [0, 0.05) is 5.92 Å². The average Bonchev–Trinajstić information content (AvgIpc) is 2.75. The Morgan fingerprint density at radius 3 is 2.88 bits per heavy atom. The Balaban J connectivity index is 1.67. The molecule has 1 aliphatic carbocycles. The van der Waals surface area contributed by atoms with Crippen LogP contribution in [0.5, 0.6) is 0 Å². The third-order valence-electron chi connectivity index (χ3n) is 3.39. The van der Waals surface area contributed by atoms with Crippen molar-refractivity contribution in [1.82, 2.24) is 10.1 Å². The second kappa shape index (κ2) is 4.37. The minimum Gasteiger partial charge on any atom is -0.393 e. The van der Waals surface area contributed by atoms with Crippen LogP contribution < -0.4 is 0 Å². The van der Waals surface area contributed by atoms with Crippen molar-refractivity contribution in [2.24, 2.45) is 0 Å². The molecule has 0 spiro atoms. The predicted molar refractivity (Wildman–Crippen MR) is 61.3 cm³/mol. The number of aliphatic hydroxyl groups excluding tert-OH is 1. The van der Waals surface area contributed by atoms with Crippen LogP contribution in [0.15, 0.2) is 4.52 Å². The van der Waals surface area contributed by atoms with Gasteiger partial charge in [0.15, 0.2) is 5.82 Å². The number of aromatic nitrogens is 2. The maximum atomic E-state index is 9.24. The zero-order valence-electron chi connectivity index (χ0n) is 9.13. The first-order chi connectivity index (χ1) is 7.83. The van der Waals surface area contributed by atoms with Crippen molar-refractivity contribution in [3.63, 3.8) is 0 Å². The van der Waals surface area contributed by atoms with Crippen LogP contribution in [0.25, 0.3) is 0 Å². The number of aliphatic hydroxyl groups is 1. The molecular formula is C11H16N2O2S. The summed E-state index contributed by atoms with van der Waals surface area (Å²) in [7, 11) is 0. The topological polar surface area (TPSA) is 59.2 Å². The van der Waals surface area contributed by atoms with E-state index in [4.69, 9.17) is 4.52 Å². The first kappa shape index (κ1) is 10.6. The normalized spacial score (nSPS) is 34.7.